The number of fused-ring (bicyclic) bond motifs is 4. The lowest BCUT2D eigenvalue weighted by molar-refractivity contribution is 0.0588. The van der Waals surface area contributed by atoms with E-state index >= 15 is 0 Å². The Morgan fingerprint density at radius 2 is 2.04 bits per heavy atom. The third-order valence-electron chi connectivity index (χ3n) is 4.99. The number of hydrogen-bond donors (Lipinski definition) is 1. The first-order valence-corrected chi connectivity index (χ1v) is 9.85. The van der Waals surface area contributed by atoms with Crippen LogP contribution in [-0.2, 0) is 10.2 Å². The molecule has 1 amide bonds. The summed E-state index contributed by atoms with van der Waals surface area (Å²) in [6, 6.07) is 3.35. The zero-order valence-electron chi connectivity index (χ0n) is 14.8. The minimum atomic E-state index is -3.46. The fourth-order valence-corrected chi connectivity index (χ4v) is 4.79. The van der Waals surface area contributed by atoms with Crippen molar-refractivity contribution >= 4 is 21.9 Å². The molecule has 1 aromatic heterocycles. The highest BCUT2D eigenvalue weighted by molar-refractivity contribution is 7.86. The molecule has 1 N–H and O–H groups in total. The zero-order chi connectivity index (χ0) is 18.2. The van der Waals surface area contributed by atoms with Crippen LogP contribution in [0.1, 0.15) is 23.2 Å². The topological polar surface area (TPSA) is 85.8 Å². The zero-order valence-corrected chi connectivity index (χ0v) is 15.7. The Hall–Kier alpha value is -1.71. The van der Waals surface area contributed by atoms with E-state index in [2.05, 4.69) is 10.3 Å². The fraction of sp³-hybridized carbons (Fsp3) is 0.625. The third kappa shape index (κ3) is 3.49. The molecule has 3 saturated heterocycles. The molecule has 4 heterocycles. The van der Waals surface area contributed by atoms with Crippen molar-refractivity contribution in [3.05, 3.63) is 23.9 Å². The molecule has 8 nitrogen and oxygen atoms in total. The normalized spacial score (nSPS) is 24.4. The predicted octanol–water partition coefficient (Wildman–Crippen LogP) is 0.466. The molecule has 0 radical (unpaired) electrons. The van der Waals surface area contributed by atoms with Crippen molar-refractivity contribution in [2.45, 2.75) is 18.9 Å². The second-order valence-electron chi connectivity index (χ2n) is 6.84. The molecule has 3 aliphatic heterocycles. The summed E-state index contributed by atoms with van der Waals surface area (Å²) in [5, 5.41) is 2.94. The van der Waals surface area contributed by atoms with Gasteiger partial charge in [0.15, 0.2) is 0 Å². The molecule has 3 fully saturated rings. The lowest BCUT2D eigenvalue weighted by Crippen LogP contribution is -2.48. The summed E-state index contributed by atoms with van der Waals surface area (Å²) in [6.07, 6.45) is 3.39. The van der Waals surface area contributed by atoms with E-state index in [0.717, 1.165) is 12.8 Å². The minimum absolute atomic E-state index is 0.0577. The SMILES string of the molecule is CNc1cc(C(=O)N2C[C@@H]3CC[C@H]2CN(S(=O)(=O)N(C)C)C3)ccn1. The van der Waals surface area contributed by atoms with E-state index < -0.39 is 10.2 Å². The van der Waals surface area contributed by atoms with Crippen molar-refractivity contribution in [1.82, 2.24) is 18.5 Å². The molecule has 1 aromatic rings. The molecular formula is C16H25N5O3S. The van der Waals surface area contributed by atoms with Crippen molar-refractivity contribution in [2.75, 3.05) is 46.1 Å². The van der Waals surface area contributed by atoms with Crippen LogP contribution in [-0.4, -0.2) is 79.6 Å². The number of anilines is 1. The van der Waals surface area contributed by atoms with Crippen molar-refractivity contribution in [1.29, 1.82) is 0 Å². The number of nitrogens with one attached hydrogen (secondary N) is 1. The maximum Gasteiger partial charge on any atom is 0.281 e. The summed E-state index contributed by atoms with van der Waals surface area (Å²) >= 11 is 0. The molecule has 0 spiro atoms. The molecule has 9 heteroatoms. The van der Waals surface area contributed by atoms with Crippen LogP contribution in [0.15, 0.2) is 18.3 Å². The Kier molecular flexibility index (Phi) is 4.99. The minimum Gasteiger partial charge on any atom is -0.373 e. The number of rotatable bonds is 4. The molecule has 3 aliphatic rings. The predicted molar refractivity (Wildman–Crippen MR) is 95.5 cm³/mol. The average molecular weight is 367 g/mol. The van der Waals surface area contributed by atoms with E-state index in [1.807, 2.05) is 4.90 Å². The van der Waals surface area contributed by atoms with Gasteiger partial charge in [-0.2, -0.15) is 17.0 Å². The van der Waals surface area contributed by atoms with Gasteiger partial charge in [0, 0.05) is 58.6 Å². The Morgan fingerprint density at radius 1 is 1.28 bits per heavy atom. The van der Waals surface area contributed by atoms with Gasteiger partial charge in [-0.3, -0.25) is 4.79 Å². The van der Waals surface area contributed by atoms with Gasteiger partial charge in [-0.25, -0.2) is 4.98 Å². The molecule has 0 saturated carbocycles. The van der Waals surface area contributed by atoms with Crippen LogP contribution in [0.4, 0.5) is 5.82 Å². The number of piperidine rings is 1. The molecule has 2 atom stereocenters. The van der Waals surface area contributed by atoms with Gasteiger partial charge in [0.1, 0.15) is 5.82 Å². The van der Waals surface area contributed by atoms with Gasteiger partial charge < -0.3 is 10.2 Å². The highest BCUT2D eigenvalue weighted by Crippen LogP contribution is 2.31. The maximum atomic E-state index is 13.0. The Bertz CT molecular complexity index is 752. The largest absolute Gasteiger partial charge is 0.373 e. The van der Waals surface area contributed by atoms with E-state index in [4.69, 9.17) is 0 Å². The summed E-state index contributed by atoms with van der Waals surface area (Å²) in [5.41, 5.74) is 0.578. The fourth-order valence-electron chi connectivity index (χ4n) is 3.57. The van der Waals surface area contributed by atoms with Crippen LogP contribution in [0.25, 0.3) is 0 Å². The van der Waals surface area contributed by atoms with Crippen LogP contribution < -0.4 is 5.32 Å². The molecule has 25 heavy (non-hydrogen) atoms. The van der Waals surface area contributed by atoms with Crippen LogP contribution in [0.5, 0.6) is 0 Å². The van der Waals surface area contributed by atoms with Gasteiger partial charge in [0.2, 0.25) is 0 Å². The number of carbonyl (C=O) groups excluding carboxylic acids is 1. The van der Waals surface area contributed by atoms with Gasteiger partial charge in [-0.05, 0) is 30.9 Å². The maximum absolute atomic E-state index is 13.0. The molecule has 2 bridgehead atoms. The summed E-state index contributed by atoms with van der Waals surface area (Å²) in [5.74, 6) is 0.753. The summed E-state index contributed by atoms with van der Waals surface area (Å²) in [4.78, 5) is 19.0. The van der Waals surface area contributed by atoms with E-state index in [9.17, 15) is 13.2 Å². The Labute approximate surface area is 149 Å². The van der Waals surface area contributed by atoms with Gasteiger partial charge in [-0.15, -0.1) is 0 Å². The quantitative estimate of drug-likeness (QED) is 0.836. The van der Waals surface area contributed by atoms with E-state index in [1.54, 1.807) is 39.5 Å². The molecule has 138 valence electrons. The first-order valence-electron chi connectivity index (χ1n) is 8.45. The first-order chi connectivity index (χ1) is 11.8. The lowest BCUT2D eigenvalue weighted by Gasteiger charge is -2.36. The second kappa shape index (κ2) is 6.89. The summed E-state index contributed by atoms with van der Waals surface area (Å²) in [7, 11) is 1.38. The average Bonchev–Trinajstić information content (AvgIpc) is 2.93. The molecule has 0 aliphatic carbocycles. The van der Waals surface area contributed by atoms with Crippen LogP contribution in [0.2, 0.25) is 0 Å². The van der Waals surface area contributed by atoms with Gasteiger partial charge in [0.05, 0.1) is 0 Å². The smallest absolute Gasteiger partial charge is 0.281 e. The van der Waals surface area contributed by atoms with E-state index in [0.29, 0.717) is 31.0 Å². The highest BCUT2D eigenvalue weighted by atomic mass is 32.2. The first kappa shape index (κ1) is 18.1. The van der Waals surface area contributed by atoms with Gasteiger partial charge >= 0.3 is 0 Å². The van der Waals surface area contributed by atoms with Gasteiger partial charge in [0.25, 0.3) is 16.1 Å². The molecule has 0 unspecified atom stereocenters. The monoisotopic (exact) mass is 367 g/mol. The number of nitrogens with zero attached hydrogens (tertiary/aromatic N) is 4. The van der Waals surface area contributed by atoms with Crippen molar-refractivity contribution in [3.8, 4) is 0 Å². The third-order valence-corrected chi connectivity index (χ3v) is 6.87. The Morgan fingerprint density at radius 3 is 2.72 bits per heavy atom. The van der Waals surface area contributed by atoms with Crippen molar-refractivity contribution in [2.24, 2.45) is 5.92 Å². The lowest BCUT2D eigenvalue weighted by atomic mass is 9.94. The Balaban J connectivity index is 1.84. The van der Waals surface area contributed by atoms with E-state index in [1.165, 1.54) is 8.61 Å². The van der Waals surface area contributed by atoms with Crippen molar-refractivity contribution in [3.63, 3.8) is 0 Å². The number of hydrogen-bond acceptors (Lipinski definition) is 5. The molecule has 4 rings (SSSR count). The van der Waals surface area contributed by atoms with Gasteiger partial charge in [-0.1, -0.05) is 0 Å². The second-order valence-corrected chi connectivity index (χ2v) is 8.98. The van der Waals surface area contributed by atoms with Crippen LogP contribution >= 0.6 is 0 Å². The van der Waals surface area contributed by atoms with E-state index in [-0.39, 0.29) is 17.9 Å². The van der Waals surface area contributed by atoms with Crippen molar-refractivity contribution < 1.29 is 13.2 Å². The number of amides is 1. The number of aromatic nitrogens is 1. The highest BCUT2D eigenvalue weighted by Gasteiger charge is 2.41. The summed E-state index contributed by atoms with van der Waals surface area (Å²) < 4.78 is 27.8. The molecule has 0 aromatic carbocycles. The van der Waals surface area contributed by atoms with Crippen LogP contribution in [0, 0.1) is 5.92 Å². The number of carbonyl (C=O) groups is 1. The molecular weight excluding hydrogens is 342 g/mol. The summed E-state index contributed by atoms with van der Waals surface area (Å²) in [6.45, 7) is 1.42. The standard InChI is InChI=1S/C16H25N5O3S/c1-17-15-8-13(6-7-18-15)16(22)21-10-12-4-5-14(21)11-20(9-12)25(23,24)19(2)3/h6-8,12,14H,4-5,9-11H2,1-3H3,(H,17,18)/t12-,14+/m1/s1. The van der Waals surface area contributed by atoms with Crippen LogP contribution in [0.3, 0.4) is 0 Å². The number of pyridine rings is 1.